The van der Waals surface area contributed by atoms with Crippen LogP contribution in [0.1, 0.15) is 13.8 Å². The van der Waals surface area contributed by atoms with Crippen molar-refractivity contribution < 1.29 is 29.3 Å². The van der Waals surface area contributed by atoms with Crippen molar-refractivity contribution in [2.45, 2.75) is 26.1 Å². The van der Waals surface area contributed by atoms with Crippen LogP contribution in [0, 0.1) is 0 Å². The molecule has 2 rings (SSSR count). The van der Waals surface area contributed by atoms with Crippen LogP contribution in [0.25, 0.3) is 0 Å². The van der Waals surface area contributed by atoms with E-state index < -0.39 is 24.1 Å². The highest BCUT2D eigenvalue weighted by atomic mass is 35.5. The maximum Gasteiger partial charge on any atom is 0.344 e. The Hall–Kier alpha value is -1.86. The van der Waals surface area contributed by atoms with Crippen LogP contribution in [0.5, 0.6) is 11.5 Å². The largest absolute Gasteiger partial charge is 0.479 e. The predicted molar refractivity (Wildman–Crippen MR) is 108 cm³/mol. The van der Waals surface area contributed by atoms with Crippen LogP contribution in [-0.2, 0) is 9.59 Å². The SMILES string of the molecule is CC(Oc1cc(Cl)c(Cl)cc1Cl)C(=O)O.CC(Oc1ccc(Cl)cc1)C(=O)O. The summed E-state index contributed by atoms with van der Waals surface area (Å²) in [4.78, 5) is 21.0. The fourth-order valence-corrected chi connectivity index (χ4v) is 2.31. The zero-order chi connectivity index (χ0) is 21.4. The van der Waals surface area contributed by atoms with Crippen molar-refractivity contribution >= 4 is 58.3 Å². The van der Waals surface area contributed by atoms with E-state index in [1.165, 1.54) is 26.0 Å². The van der Waals surface area contributed by atoms with Crippen LogP contribution < -0.4 is 9.47 Å². The smallest absolute Gasteiger partial charge is 0.344 e. The van der Waals surface area contributed by atoms with Gasteiger partial charge in [-0.15, -0.1) is 0 Å². The number of carboxylic acids is 2. The minimum atomic E-state index is -1.09. The summed E-state index contributed by atoms with van der Waals surface area (Å²) in [5.41, 5.74) is 0. The zero-order valence-electron chi connectivity index (χ0n) is 14.7. The number of ether oxygens (including phenoxy) is 2. The van der Waals surface area contributed by atoms with E-state index in [0.29, 0.717) is 10.8 Å². The fourth-order valence-electron chi connectivity index (χ4n) is 1.60. The summed E-state index contributed by atoms with van der Waals surface area (Å²) in [6.45, 7) is 2.86. The van der Waals surface area contributed by atoms with E-state index in [0.717, 1.165) is 0 Å². The van der Waals surface area contributed by atoms with Crippen molar-refractivity contribution in [3.63, 3.8) is 0 Å². The van der Waals surface area contributed by atoms with Crippen molar-refractivity contribution in [2.75, 3.05) is 0 Å². The summed E-state index contributed by atoms with van der Waals surface area (Å²) in [6, 6.07) is 9.32. The van der Waals surface area contributed by atoms with Crippen LogP contribution in [-0.4, -0.2) is 34.4 Å². The lowest BCUT2D eigenvalue weighted by atomic mass is 10.3. The standard InChI is InChI=1S/C9H7Cl3O3.C9H9ClO3/c1-4(9(13)14)15-8-3-6(11)5(10)2-7(8)12;1-6(9(11)12)13-8-4-2-7(10)3-5-8/h2-4H,1H3,(H,13,14);2-6H,1H3,(H,11,12). The van der Waals surface area contributed by atoms with E-state index in [1.54, 1.807) is 24.3 Å². The number of carbonyl (C=O) groups is 2. The van der Waals surface area contributed by atoms with Gasteiger partial charge in [-0.05, 0) is 44.2 Å². The van der Waals surface area contributed by atoms with Crippen molar-refractivity contribution in [3.05, 3.63) is 56.5 Å². The molecule has 2 N–H and O–H groups in total. The van der Waals surface area contributed by atoms with Crippen LogP contribution in [0.4, 0.5) is 0 Å². The Balaban J connectivity index is 0.000000283. The summed E-state index contributed by atoms with van der Waals surface area (Å²) in [6.07, 6.45) is -1.85. The lowest BCUT2D eigenvalue weighted by Crippen LogP contribution is -2.22. The monoisotopic (exact) mass is 468 g/mol. The number of hydrogen-bond donors (Lipinski definition) is 2. The molecule has 2 atom stereocenters. The second-order valence-electron chi connectivity index (χ2n) is 5.35. The topological polar surface area (TPSA) is 93.1 Å². The highest BCUT2D eigenvalue weighted by Crippen LogP contribution is 2.34. The molecule has 0 aliphatic rings. The van der Waals surface area contributed by atoms with Crippen LogP contribution >= 0.6 is 46.4 Å². The molecule has 6 nitrogen and oxygen atoms in total. The molecule has 0 amide bonds. The molecule has 2 aromatic rings. The summed E-state index contributed by atoms with van der Waals surface area (Å²) < 4.78 is 10.1. The van der Waals surface area contributed by atoms with Gasteiger partial charge >= 0.3 is 11.9 Å². The molecular formula is C18H16Cl4O6. The van der Waals surface area contributed by atoms with E-state index >= 15 is 0 Å². The molecule has 28 heavy (non-hydrogen) atoms. The third kappa shape index (κ3) is 8.02. The lowest BCUT2D eigenvalue weighted by Gasteiger charge is -2.12. The van der Waals surface area contributed by atoms with Gasteiger partial charge in [0, 0.05) is 11.1 Å². The first-order valence-electron chi connectivity index (χ1n) is 7.70. The second kappa shape index (κ2) is 11.2. The molecule has 0 bridgehead atoms. The van der Waals surface area contributed by atoms with Crippen LogP contribution in [0.15, 0.2) is 36.4 Å². The summed E-state index contributed by atoms with van der Waals surface area (Å²) in [7, 11) is 0. The number of hydrogen-bond acceptors (Lipinski definition) is 4. The van der Waals surface area contributed by atoms with Crippen molar-refractivity contribution in [1.29, 1.82) is 0 Å². The molecule has 0 saturated heterocycles. The van der Waals surface area contributed by atoms with Gasteiger partial charge in [0.1, 0.15) is 11.5 Å². The molecule has 152 valence electrons. The van der Waals surface area contributed by atoms with Gasteiger partial charge in [-0.1, -0.05) is 46.4 Å². The third-order valence-electron chi connectivity index (χ3n) is 3.10. The van der Waals surface area contributed by atoms with Crippen molar-refractivity contribution in [3.8, 4) is 11.5 Å². The lowest BCUT2D eigenvalue weighted by molar-refractivity contribution is -0.145. The quantitative estimate of drug-likeness (QED) is 0.527. The highest BCUT2D eigenvalue weighted by Gasteiger charge is 2.15. The van der Waals surface area contributed by atoms with Gasteiger partial charge in [-0.2, -0.15) is 0 Å². The Morgan fingerprint density at radius 2 is 1.25 bits per heavy atom. The molecule has 0 aromatic heterocycles. The third-order valence-corrected chi connectivity index (χ3v) is 4.37. The molecule has 0 fully saturated rings. The first-order valence-corrected chi connectivity index (χ1v) is 9.21. The first-order chi connectivity index (χ1) is 13.0. The summed E-state index contributed by atoms with van der Waals surface area (Å²) in [5, 5.41) is 18.5. The van der Waals surface area contributed by atoms with Crippen LogP contribution in [0.2, 0.25) is 20.1 Å². The molecule has 10 heteroatoms. The summed E-state index contributed by atoms with van der Waals surface area (Å²) in [5.74, 6) is -1.38. The van der Waals surface area contributed by atoms with E-state index in [1.807, 2.05) is 0 Å². The van der Waals surface area contributed by atoms with Gasteiger partial charge < -0.3 is 19.7 Å². The number of rotatable bonds is 6. The molecule has 0 saturated carbocycles. The Morgan fingerprint density at radius 3 is 1.75 bits per heavy atom. The van der Waals surface area contributed by atoms with E-state index in [4.69, 9.17) is 66.1 Å². The zero-order valence-corrected chi connectivity index (χ0v) is 17.7. The second-order valence-corrected chi connectivity index (χ2v) is 7.01. The van der Waals surface area contributed by atoms with Crippen LogP contribution in [0.3, 0.4) is 0 Å². The first kappa shape index (κ1) is 24.2. The number of halogens is 4. The Kier molecular flexibility index (Phi) is 9.69. The van der Waals surface area contributed by atoms with E-state index in [9.17, 15) is 9.59 Å². The molecule has 2 unspecified atom stereocenters. The average Bonchev–Trinajstić information content (AvgIpc) is 2.61. The number of aliphatic carboxylic acids is 2. The molecule has 0 heterocycles. The Morgan fingerprint density at radius 1 is 0.786 bits per heavy atom. The Labute approximate surface area is 181 Å². The Bertz CT molecular complexity index is 826. The minimum absolute atomic E-state index is 0.195. The average molecular weight is 470 g/mol. The molecule has 2 aromatic carbocycles. The predicted octanol–water partition coefficient (Wildman–Crippen LogP) is 5.69. The number of carboxylic acid groups (broad SMARTS) is 2. The fraction of sp³-hybridized carbons (Fsp3) is 0.222. The van der Waals surface area contributed by atoms with Crippen molar-refractivity contribution in [2.24, 2.45) is 0 Å². The highest BCUT2D eigenvalue weighted by molar-refractivity contribution is 6.43. The molecule has 0 spiro atoms. The molecule has 0 radical (unpaired) electrons. The van der Waals surface area contributed by atoms with Gasteiger partial charge in [-0.25, -0.2) is 9.59 Å². The van der Waals surface area contributed by atoms with Crippen molar-refractivity contribution in [1.82, 2.24) is 0 Å². The number of benzene rings is 2. The normalized spacial score (nSPS) is 12.2. The molecule has 0 aliphatic carbocycles. The van der Waals surface area contributed by atoms with E-state index in [2.05, 4.69) is 0 Å². The maximum atomic E-state index is 10.5. The van der Waals surface area contributed by atoms with Gasteiger partial charge in [-0.3, -0.25) is 0 Å². The molecular weight excluding hydrogens is 454 g/mol. The van der Waals surface area contributed by atoms with Gasteiger partial charge in [0.2, 0.25) is 0 Å². The summed E-state index contributed by atoms with van der Waals surface area (Å²) >= 11 is 22.9. The van der Waals surface area contributed by atoms with E-state index in [-0.39, 0.29) is 20.8 Å². The van der Waals surface area contributed by atoms with Gasteiger partial charge in [0.05, 0.1) is 15.1 Å². The van der Waals surface area contributed by atoms with Gasteiger partial charge in [0.25, 0.3) is 0 Å². The molecule has 0 aliphatic heterocycles. The van der Waals surface area contributed by atoms with Gasteiger partial charge in [0.15, 0.2) is 12.2 Å². The minimum Gasteiger partial charge on any atom is -0.479 e. The maximum absolute atomic E-state index is 10.5.